The van der Waals surface area contributed by atoms with Crippen LogP contribution in [0.25, 0.3) is 11.4 Å². The van der Waals surface area contributed by atoms with Gasteiger partial charge in [0.05, 0.1) is 35.6 Å². The summed E-state index contributed by atoms with van der Waals surface area (Å²) >= 11 is 0. The molecule has 3 aromatic heterocycles. The molecule has 2 fully saturated rings. The molecule has 2 aliphatic rings. The molecule has 196 valence electrons. The Hall–Kier alpha value is -3.63. The van der Waals surface area contributed by atoms with Gasteiger partial charge in [-0.2, -0.15) is 4.98 Å². The van der Waals surface area contributed by atoms with Gasteiger partial charge in [0.25, 0.3) is 0 Å². The first kappa shape index (κ1) is 25.0. The SMILES string of the molecule is Cc1nc(-c2nnn(C)c2CNc2ncnc(C3CCCCC3)n2)ccc1O[C@H]1CCC[C@H](C(=O)O)C1. The summed E-state index contributed by atoms with van der Waals surface area (Å²) in [4.78, 5) is 29.5. The van der Waals surface area contributed by atoms with E-state index >= 15 is 0 Å². The zero-order valence-electron chi connectivity index (χ0n) is 21.4. The number of pyridine rings is 1. The number of nitrogens with zero attached hydrogens (tertiary/aromatic N) is 7. The highest BCUT2D eigenvalue weighted by atomic mass is 16.5. The van der Waals surface area contributed by atoms with Crippen LogP contribution in [0.1, 0.15) is 80.9 Å². The summed E-state index contributed by atoms with van der Waals surface area (Å²) in [5.74, 6) is 1.39. The highest BCUT2D eigenvalue weighted by molar-refractivity contribution is 5.70. The van der Waals surface area contributed by atoms with E-state index in [2.05, 4.69) is 30.6 Å². The smallest absolute Gasteiger partial charge is 0.306 e. The van der Waals surface area contributed by atoms with E-state index in [4.69, 9.17) is 9.72 Å². The molecule has 0 aliphatic heterocycles. The number of hydrogen-bond acceptors (Lipinski definition) is 9. The number of aliphatic carboxylic acids is 1. The van der Waals surface area contributed by atoms with Crippen molar-refractivity contribution in [2.75, 3.05) is 5.32 Å². The number of carbonyl (C=O) groups is 1. The minimum absolute atomic E-state index is 0.114. The van der Waals surface area contributed by atoms with Crippen molar-refractivity contribution in [3.8, 4) is 17.1 Å². The summed E-state index contributed by atoms with van der Waals surface area (Å²) in [6.45, 7) is 2.33. The molecular weight excluding hydrogens is 472 g/mol. The fourth-order valence-electron chi connectivity index (χ4n) is 5.35. The van der Waals surface area contributed by atoms with Crippen LogP contribution in [0, 0.1) is 12.8 Å². The predicted octanol–water partition coefficient (Wildman–Crippen LogP) is 4.05. The summed E-state index contributed by atoms with van der Waals surface area (Å²) < 4.78 is 7.88. The molecule has 5 rings (SSSR count). The van der Waals surface area contributed by atoms with Crippen LogP contribution >= 0.6 is 0 Å². The van der Waals surface area contributed by atoms with Crippen molar-refractivity contribution in [1.82, 2.24) is 34.9 Å². The predicted molar refractivity (Wildman–Crippen MR) is 136 cm³/mol. The van der Waals surface area contributed by atoms with Gasteiger partial charge in [0.1, 0.15) is 23.6 Å². The van der Waals surface area contributed by atoms with Crippen molar-refractivity contribution in [2.45, 2.75) is 83.3 Å². The molecule has 0 aromatic carbocycles. The Labute approximate surface area is 216 Å². The van der Waals surface area contributed by atoms with Crippen LogP contribution in [0.2, 0.25) is 0 Å². The minimum atomic E-state index is -0.746. The fraction of sp³-hybridized carbons (Fsp3) is 0.577. The van der Waals surface area contributed by atoms with E-state index < -0.39 is 5.97 Å². The molecule has 0 radical (unpaired) electrons. The van der Waals surface area contributed by atoms with E-state index in [-0.39, 0.29) is 12.0 Å². The summed E-state index contributed by atoms with van der Waals surface area (Å²) in [6.07, 6.45) is 10.4. The lowest BCUT2D eigenvalue weighted by atomic mass is 9.87. The van der Waals surface area contributed by atoms with E-state index in [0.29, 0.717) is 48.4 Å². The van der Waals surface area contributed by atoms with Gasteiger partial charge in [-0.25, -0.2) is 19.6 Å². The van der Waals surface area contributed by atoms with Crippen molar-refractivity contribution in [1.29, 1.82) is 0 Å². The van der Waals surface area contributed by atoms with Crippen LogP contribution in [0.15, 0.2) is 18.5 Å². The molecule has 0 saturated heterocycles. The average Bonchev–Trinajstić information content (AvgIpc) is 3.29. The van der Waals surface area contributed by atoms with Gasteiger partial charge in [0, 0.05) is 13.0 Å². The van der Waals surface area contributed by atoms with Gasteiger partial charge < -0.3 is 15.2 Å². The fourth-order valence-corrected chi connectivity index (χ4v) is 5.35. The molecule has 0 unspecified atom stereocenters. The Bertz CT molecular complexity index is 1240. The number of rotatable bonds is 8. The Morgan fingerprint density at radius 3 is 2.73 bits per heavy atom. The van der Waals surface area contributed by atoms with Crippen LogP contribution in [0.5, 0.6) is 5.75 Å². The van der Waals surface area contributed by atoms with Crippen molar-refractivity contribution < 1.29 is 14.6 Å². The van der Waals surface area contributed by atoms with Gasteiger partial charge in [0.15, 0.2) is 0 Å². The van der Waals surface area contributed by atoms with Crippen LogP contribution in [-0.4, -0.2) is 52.1 Å². The van der Waals surface area contributed by atoms with Crippen molar-refractivity contribution in [2.24, 2.45) is 13.0 Å². The standard InChI is InChI=1S/C26H34N8O3/c1-16-22(37-19-10-6-9-18(13-19)25(35)36)12-11-20(30-16)23-21(34(2)33-32-23)14-27-26-29-15-28-24(31-26)17-7-4-3-5-8-17/h11-12,15,17-19H,3-10,13-14H2,1-2H3,(H,35,36)(H,27,28,29,31)/t18-,19-/m0/s1. The molecule has 2 N–H and O–H groups in total. The number of anilines is 1. The molecular formula is C26H34N8O3. The lowest BCUT2D eigenvalue weighted by Crippen LogP contribution is -2.29. The maximum absolute atomic E-state index is 11.4. The van der Waals surface area contributed by atoms with E-state index in [0.717, 1.165) is 42.9 Å². The Kier molecular flexibility index (Phi) is 7.57. The third kappa shape index (κ3) is 5.86. The number of carboxylic acid groups (broad SMARTS) is 1. The second kappa shape index (κ2) is 11.2. The lowest BCUT2D eigenvalue weighted by Gasteiger charge is -2.27. The molecule has 0 bridgehead atoms. The van der Waals surface area contributed by atoms with Crippen molar-refractivity contribution >= 4 is 11.9 Å². The van der Waals surface area contributed by atoms with Gasteiger partial charge in [-0.3, -0.25) is 4.79 Å². The van der Waals surface area contributed by atoms with Gasteiger partial charge in [0.2, 0.25) is 5.95 Å². The third-order valence-electron chi connectivity index (χ3n) is 7.47. The van der Waals surface area contributed by atoms with Crippen LogP contribution in [0.3, 0.4) is 0 Å². The van der Waals surface area contributed by atoms with E-state index in [1.807, 2.05) is 26.1 Å². The zero-order valence-corrected chi connectivity index (χ0v) is 21.4. The zero-order chi connectivity index (χ0) is 25.8. The maximum Gasteiger partial charge on any atom is 0.306 e. The summed E-state index contributed by atoms with van der Waals surface area (Å²) in [6, 6.07) is 3.76. The number of aryl methyl sites for hydroxylation is 2. The monoisotopic (exact) mass is 506 g/mol. The number of aromatic nitrogens is 7. The van der Waals surface area contributed by atoms with Crippen molar-refractivity contribution in [3.05, 3.63) is 35.7 Å². The molecule has 2 atom stereocenters. The Morgan fingerprint density at radius 2 is 1.95 bits per heavy atom. The number of nitrogens with one attached hydrogen (secondary N) is 1. The summed E-state index contributed by atoms with van der Waals surface area (Å²) in [7, 11) is 1.85. The molecule has 37 heavy (non-hydrogen) atoms. The van der Waals surface area contributed by atoms with Crippen LogP contribution in [0.4, 0.5) is 5.95 Å². The molecule has 0 spiro atoms. The summed E-state index contributed by atoms with van der Waals surface area (Å²) in [5.41, 5.74) is 2.96. The average molecular weight is 507 g/mol. The molecule has 3 aromatic rings. The third-order valence-corrected chi connectivity index (χ3v) is 7.47. The largest absolute Gasteiger partial charge is 0.489 e. The topological polar surface area (TPSA) is 141 Å². The first-order valence-corrected chi connectivity index (χ1v) is 13.2. The lowest BCUT2D eigenvalue weighted by molar-refractivity contribution is -0.143. The number of hydrogen-bond donors (Lipinski definition) is 2. The number of carboxylic acids is 1. The van der Waals surface area contributed by atoms with Gasteiger partial charge >= 0.3 is 5.97 Å². The van der Waals surface area contributed by atoms with E-state index in [1.54, 1.807) is 11.0 Å². The summed E-state index contributed by atoms with van der Waals surface area (Å²) in [5, 5.41) is 21.2. The molecule has 2 aliphatic carbocycles. The van der Waals surface area contributed by atoms with E-state index in [1.165, 1.54) is 19.3 Å². The first-order valence-electron chi connectivity index (χ1n) is 13.2. The van der Waals surface area contributed by atoms with Gasteiger partial charge in [-0.15, -0.1) is 5.10 Å². The second-order valence-corrected chi connectivity index (χ2v) is 10.1. The molecule has 2 saturated carbocycles. The first-order chi connectivity index (χ1) is 18.0. The molecule has 0 amide bonds. The van der Waals surface area contributed by atoms with Crippen LogP contribution < -0.4 is 10.1 Å². The number of ether oxygens (including phenoxy) is 1. The highest BCUT2D eigenvalue weighted by Crippen LogP contribution is 2.32. The van der Waals surface area contributed by atoms with Gasteiger partial charge in [-0.05, 0) is 57.6 Å². The minimum Gasteiger partial charge on any atom is -0.489 e. The van der Waals surface area contributed by atoms with Gasteiger partial charge in [-0.1, -0.05) is 24.5 Å². The molecule has 11 nitrogen and oxygen atoms in total. The molecule has 3 heterocycles. The van der Waals surface area contributed by atoms with E-state index in [9.17, 15) is 9.90 Å². The maximum atomic E-state index is 11.4. The Morgan fingerprint density at radius 1 is 1.11 bits per heavy atom. The molecule has 11 heteroatoms. The quantitative estimate of drug-likeness (QED) is 0.459. The van der Waals surface area contributed by atoms with Crippen molar-refractivity contribution in [3.63, 3.8) is 0 Å². The second-order valence-electron chi connectivity index (χ2n) is 10.1. The normalized spacial score (nSPS) is 20.5. The van der Waals surface area contributed by atoms with Crippen LogP contribution in [-0.2, 0) is 18.4 Å². The Balaban J connectivity index is 1.27. The highest BCUT2D eigenvalue weighted by Gasteiger charge is 2.28.